The van der Waals surface area contributed by atoms with Crippen LogP contribution in [0.2, 0.25) is 0 Å². The van der Waals surface area contributed by atoms with Gasteiger partial charge in [-0.05, 0) is 41.9 Å². The summed E-state index contributed by atoms with van der Waals surface area (Å²) < 4.78 is 38.9. The van der Waals surface area contributed by atoms with Crippen molar-refractivity contribution in [3.05, 3.63) is 22.4 Å². The maximum absolute atomic E-state index is 13.3. The van der Waals surface area contributed by atoms with Gasteiger partial charge in [0.15, 0.2) is 0 Å². The first-order chi connectivity index (χ1) is 9.55. The summed E-state index contributed by atoms with van der Waals surface area (Å²) in [5.74, 6) is -1.09. The van der Waals surface area contributed by atoms with Crippen molar-refractivity contribution in [2.45, 2.75) is 24.8 Å². The molecule has 0 unspecified atom stereocenters. The highest BCUT2D eigenvalue weighted by molar-refractivity contribution is 9.10. The number of hydrogen-bond donors (Lipinski definition) is 2. The number of benzene rings is 1. The normalized spacial score (nSPS) is 12.0. The summed E-state index contributed by atoms with van der Waals surface area (Å²) in [6, 6.07) is 1.90. The van der Waals surface area contributed by atoms with Gasteiger partial charge in [0.2, 0.25) is 15.9 Å². The van der Waals surface area contributed by atoms with Crippen molar-refractivity contribution in [3.8, 4) is 0 Å². The molecule has 0 spiro atoms. The Morgan fingerprint density at radius 3 is 2.57 bits per heavy atom. The smallest absolute Gasteiger partial charge is 0.245 e. The molecule has 0 aromatic heterocycles. The molecule has 0 heterocycles. The molecule has 0 fully saturated rings. The molecule has 1 aromatic rings. The van der Waals surface area contributed by atoms with Crippen LogP contribution in [0.1, 0.15) is 13.8 Å². The van der Waals surface area contributed by atoms with Crippen LogP contribution in [0.25, 0.3) is 0 Å². The molecule has 0 aliphatic heterocycles. The Balaban J connectivity index is 3.06. The minimum Gasteiger partial charge on any atom is -0.398 e. The van der Waals surface area contributed by atoms with Gasteiger partial charge in [0.1, 0.15) is 10.7 Å². The molecule has 0 bridgehead atoms. The molecule has 3 N–H and O–H groups in total. The lowest BCUT2D eigenvalue weighted by Gasteiger charge is -2.19. The van der Waals surface area contributed by atoms with Gasteiger partial charge in [-0.2, -0.15) is 4.31 Å². The highest BCUT2D eigenvalue weighted by Crippen LogP contribution is 2.27. The van der Waals surface area contributed by atoms with Crippen molar-refractivity contribution in [2.24, 2.45) is 0 Å². The van der Waals surface area contributed by atoms with Gasteiger partial charge < -0.3 is 11.1 Å². The van der Waals surface area contributed by atoms with E-state index in [1.54, 1.807) is 13.8 Å². The molecule has 0 aliphatic carbocycles. The van der Waals surface area contributed by atoms with Crippen molar-refractivity contribution < 1.29 is 17.6 Å². The van der Waals surface area contributed by atoms with Crippen LogP contribution in [-0.4, -0.2) is 38.3 Å². The quantitative estimate of drug-likeness (QED) is 0.752. The Morgan fingerprint density at radius 1 is 1.48 bits per heavy atom. The van der Waals surface area contributed by atoms with E-state index in [0.717, 1.165) is 16.4 Å². The number of halogens is 2. The molecule has 0 saturated heterocycles. The maximum Gasteiger partial charge on any atom is 0.245 e. The number of rotatable bonds is 5. The van der Waals surface area contributed by atoms with E-state index in [1.807, 2.05) is 0 Å². The number of nitrogen functional groups attached to an aromatic ring is 1. The second-order valence-electron chi connectivity index (χ2n) is 4.79. The second-order valence-corrected chi connectivity index (χ2v) is 7.66. The maximum atomic E-state index is 13.3. The van der Waals surface area contributed by atoms with Gasteiger partial charge in [-0.15, -0.1) is 0 Å². The Hall–Kier alpha value is -1.19. The molecular formula is C12H17BrFN3O3S. The van der Waals surface area contributed by atoms with E-state index in [9.17, 15) is 17.6 Å². The molecular weight excluding hydrogens is 365 g/mol. The number of amides is 1. The van der Waals surface area contributed by atoms with Crippen molar-refractivity contribution >= 4 is 37.5 Å². The van der Waals surface area contributed by atoms with E-state index in [2.05, 4.69) is 21.2 Å². The Bertz CT molecular complexity index is 649. The van der Waals surface area contributed by atoms with Crippen LogP contribution in [-0.2, 0) is 14.8 Å². The molecule has 1 aromatic carbocycles. The fourth-order valence-corrected chi connectivity index (χ4v) is 3.33. The first-order valence-electron chi connectivity index (χ1n) is 6.06. The topological polar surface area (TPSA) is 92.5 Å². The molecule has 0 aliphatic rings. The number of nitrogens with two attached hydrogens (primary N) is 1. The Morgan fingerprint density at radius 2 is 2.05 bits per heavy atom. The van der Waals surface area contributed by atoms with Gasteiger partial charge >= 0.3 is 0 Å². The van der Waals surface area contributed by atoms with Crippen LogP contribution in [0, 0.1) is 5.82 Å². The van der Waals surface area contributed by atoms with Crippen molar-refractivity contribution in [2.75, 3.05) is 19.3 Å². The van der Waals surface area contributed by atoms with Crippen LogP contribution in [0.3, 0.4) is 0 Å². The highest BCUT2D eigenvalue weighted by Gasteiger charge is 2.26. The number of anilines is 1. The fraction of sp³-hybridized carbons (Fsp3) is 0.417. The van der Waals surface area contributed by atoms with Gasteiger partial charge in [-0.3, -0.25) is 4.79 Å². The zero-order chi connectivity index (χ0) is 16.4. The van der Waals surface area contributed by atoms with Crippen LogP contribution in [0.4, 0.5) is 10.1 Å². The van der Waals surface area contributed by atoms with E-state index in [0.29, 0.717) is 0 Å². The molecule has 0 radical (unpaired) electrons. The summed E-state index contributed by atoms with van der Waals surface area (Å²) in [4.78, 5) is 11.4. The van der Waals surface area contributed by atoms with E-state index in [1.165, 1.54) is 7.05 Å². The number of hydrogen-bond acceptors (Lipinski definition) is 4. The number of nitrogens with one attached hydrogen (secondary N) is 1. The number of sulfonamides is 1. The number of carbonyl (C=O) groups excluding carboxylic acids is 1. The molecule has 21 heavy (non-hydrogen) atoms. The van der Waals surface area contributed by atoms with E-state index in [4.69, 9.17) is 5.73 Å². The molecule has 9 heteroatoms. The van der Waals surface area contributed by atoms with Crippen LogP contribution in [0.5, 0.6) is 0 Å². The average molecular weight is 382 g/mol. The Labute approximate surface area is 131 Å². The summed E-state index contributed by atoms with van der Waals surface area (Å²) in [7, 11) is -2.73. The van der Waals surface area contributed by atoms with E-state index in [-0.39, 0.29) is 27.6 Å². The van der Waals surface area contributed by atoms with Gasteiger partial charge in [0.25, 0.3) is 0 Å². The summed E-state index contributed by atoms with van der Waals surface area (Å²) in [5, 5.41) is 2.59. The molecule has 1 rings (SSSR count). The lowest BCUT2D eigenvalue weighted by molar-refractivity contribution is -0.121. The highest BCUT2D eigenvalue weighted by atomic mass is 79.9. The average Bonchev–Trinajstić information content (AvgIpc) is 2.32. The minimum atomic E-state index is -3.99. The van der Waals surface area contributed by atoms with E-state index >= 15 is 0 Å². The molecule has 0 saturated carbocycles. The van der Waals surface area contributed by atoms with Crippen LogP contribution < -0.4 is 11.1 Å². The zero-order valence-electron chi connectivity index (χ0n) is 11.9. The molecule has 0 atom stereocenters. The van der Waals surface area contributed by atoms with Gasteiger partial charge in [-0.1, -0.05) is 0 Å². The first kappa shape index (κ1) is 17.9. The van der Waals surface area contributed by atoms with Crippen molar-refractivity contribution in [1.29, 1.82) is 0 Å². The monoisotopic (exact) mass is 381 g/mol. The predicted octanol–water partition coefficient (Wildman–Crippen LogP) is 1.32. The number of likely N-dealkylation sites (N-methyl/N-ethyl adjacent to an activating group) is 1. The van der Waals surface area contributed by atoms with E-state index < -0.39 is 21.7 Å². The zero-order valence-corrected chi connectivity index (χ0v) is 14.3. The number of nitrogens with zero attached hydrogens (tertiary/aromatic N) is 1. The third kappa shape index (κ3) is 4.39. The SMILES string of the molecule is CC(C)NC(=O)CN(C)S(=O)(=O)c1cc(Br)c(F)cc1N. The molecule has 6 nitrogen and oxygen atoms in total. The van der Waals surface area contributed by atoms with Gasteiger partial charge in [0, 0.05) is 13.1 Å². The first-order valence-corrected chi connectivity index (χ1v) is 8.29. The summed E-state index contributed by atoms with van der Waals surface area (Å²) in [6.45, 7) is 3.18. The Kier molecular flexibility index (Phi) is 5.71. The van der Waals surface area contributed by atoms with Gasteiger partial charge in [0.05, 0.1) is 16.7 Å². The third-order valence-electron chi connectivity index (χ3n) is 2.56. The predicted molar refractivity (Wildman–Crippen MR) is 81.6 cm³/mol. The van der Waals surface area contributed by atoms with Gasteiger partial charge in [-0.25, -0.2) is 12.8 Å². The molecule has 1 amide bonds. The lowest BCUT2D eigenvalue weighted by atomic mass is 10.3. The summed E-state index contributed by atoms with van der Waals surface area (Å²) >= 11 is 2.91. The van der Waals surface area contributed by atoms with Crippen LogP contribution >= 0.6 is 15.9 Å². The molecule has 118 valence electrons. The number of carbonyl (C=O) groups is 1. The van der Waals surface area contributed by atoms with Crippen molar-refractivity contribution in [1.82, 2.24) is 9.62 Å². The van der Waals surface area contributed by atoms with Crippen LogP contribution in [0.15, 0.2) is 21.5 Å². The second kappa shape index (κ2) is 6.71. The largest absolute Gasteiger partial charge is 0.398 e. The standard InChI is InChI=1S/C12H17BrFN3O3S/c1-7(2)16-12(18)6-17(3)21(19,20)11-4-8(13)9(14)5-10(11)15/h4-5,7H,6,15H2,1-3H3,(H,16,18). The fourth-order valence-electron chi connectivity index (χ4n) is 1.59. The lowest BCUT2D eigenvalue weighted by Crippen LogP contribution is -2.41. The van der Waals surface area contributed by atoms with Crippen molar-refractivity contribution in [3.63, 3.8) is 0 Å². The summed E-state index contributed by atoms with van der Waals surface area (Å²) in [6.07, 6.45) is 0. The minimum absolute atomic E-state index is 0.0182. The summed E-state index contributed by atoms with van der Waals surface area (Å²) in [5.41, 5.74) is 5.34. The third-order valence-corrected chi connectivity index (χ3v) is 5.02.